The van der Waals surface area contributed by atoms with Crippen molar-refractivity contribution >= 4 is 45.1 Å². The Labute approximate surface area is 201 Å². The molecule has 0 fully saturated rings. The van der Waals surface area contributed by atoms with Crippen molar-refractivity contribution in [3.8, 4) is 0 Å². The van der Waals surface area contributed by atoms with Crippen molar-refractivity contribution < 1.29 is 18.1 Å². The maximum atomic E-state index is 13.4. The average Bonchev–Trinajstić information content (AvgIpc) is 2.78. The molecule has 0 saturated heterocycles. The molecule has 9 nitrogen and oxygen atoms in total. The second-order valence-corrected chi connectivity index (χ2v) is 9.70. The summed E-state index contributed by atoms with van der Waals surface area (Å²) in [6.07, 6.45) is 1.30. The van der Waals surface area contributed by atoms with Crippen molar-refractivity contribution in [1.82, 2.24) is 5.43 Å². The molecule has 3 aromatic carbocycles. The molecule has 0 atom stereocenters. The minimum absolute atomic E-state index is 0.0367. The van der Waals surface area contributed by atoms with Crippen LogP contribution in [-0.4, -0.2) is 32.0 Å². The first-order valence-corrected chi connectivity index (χ1v) is 11.8. The van der Waals surface area contributed by atoms with Crippen molar-refractivity contribution in [3.05, 3.63) is 98.6 Å². The Morgan fingerprint density at radius 2 is 1.74 bits per heavy atom. The van der Waals surface area contributed by atoms with Crippen LogP contribution in [0.1, 0.15) is 16.7 Å². The molecular formula is C23H21ClN4O5S. The lowest BCUT2D eigenvalue weighted by atomic mass is 10.2. The van der Waals surface area contributed by atoms with Crippen molar-refractivity contribution in [2.45, 2.75) is 18.7 Å². The number of non-ortho nitro benzene ring substituents is 1. The number of hydrogen-bond acceptors (Lipinski definition) is 6. The highest BCUT2D eigenvalue weighted by molar-refractivity contribution is 7.92. The van der Waals surface area contributed by atoms with E-state index in [-0.39, 0.29) is 10.6 Å². The molecule has 0 aliphatic carbocycles. The van der Waals surface area contributed by atoms with Gasteiger partial charge in [0.05, 0.1) is 21.7 Å². The number of rotatable bonds is 8. The largest absolute Gasteiger partial charge is 0.271 e. The molecule has 0 aliphatic rings. The van der Waals surface area contributed by atoms with Crippen LogP contribution in [0.15, 0.2) is 76.7 Å². The minimum atomic E-state index is -4.08. The van der Waals surface area contributed by atoms with E-state index in [9.17, 15) is 23.3 Å². The van der Waals surface area contributed by atoms with Crippen molar-refractivity contribution in [3.63, 3.8) is 0 Å². The Hall–Kier alpha value is -3.76. The molecule has 0 radical (unpaired) electrons. The Bertz CT molecular complexity index is 1340. The number of amides is 1. The fourth-order valence-electron chi connectivity index (χ4n) is 3.06. The topological polar surface area (TPSA) is 122 Å². The van der Waals surface area contributed by atoms with Crippen LogP contribution < -0.4 is 9.73 Å². The summed E-state index contributed by atoms with van der Waals surface area (Å²) in [7, 11) is -4.08. The van der Waals surface area contributed by atoms with Gasteiger partial charge in [0.1, 0.15) is 6.54 Å². The fraction of sp³-hybridized carbons (Fsp3) is 0.130. The highest BCUT2D eigenvalue weighted by Crippen LogP contribution is 2.29. The smallest absolute Gasteiger partial charge is 0.269 e. The first-order valence-electron chi connectivity index (χ1n) is 10.00. The van der Waals surface area contributed by atoms with Crippen LogP contribution in [0.2, 0.25) is 5.02 Å². The van der Waals surface area contributed by atoms with Gasteiger partial charge in [0.15, 0.2) is 0 Å². The predicted octanol–water partition coefficient (Wildman–Crippen LogP) is 4.21. The van der Waals surface area contributed by atoms with E-state index in [4.69, 9.17) is 11.6 Å². The van der Waals surface area contributed by atoms with E-state index < -0.39 is 27.4 Å². The van der Waals surface area contributed by atoms with Crippen LogP contribution in [0.5, 0.6) is 0 Å². The third-order valence-electron chi connectivity index (χ3n) is 4.83. The van der Waals surface area contributed by atoms with Gasteiger partial charge >= 0.3 is 0 Å². The number of halogens is 1. The number of hydrazone groups is 1. The second-order valence-electron chi connectivity index (χ2n) is 7.40. The quantitative estimate of drug-likeness (QED) is 0.282. The van der Waals surface area contributed by atoms with E-state index in [0.29, 0.717) is 21.8 Å². The lowest BCUT2D eigenvalue weighted by molar-refractivity contribution is -0.384. The number of nitro groups is 1. The third kappa shape index (κ3) is 5.97. The number of benzene rings is 3. The van der Waals surface area contributed by atoms with Crippen molar-refractivity contribution in [1.29, 1.82) is 0 Å². The van der Waals surface area contributed by atoms with Crippen molar-refractivity contribution in [2.75, 3.05) is 10.8 Å². The van der Waals surface area contributed by atoms with E-state index in [2.05, 4.69) is 10.5 Å². The summed E-state index contributed by atoms with van der Waals surface area (Å²) in [5.41, 5.74) is 4.52. The number of anilines is 1. The first-order chi connectivity index (χ1) is 16.1. The van der Waals surface area contributed by atoms with Gasteiger partial charge in [0, 0.05) is 17.2 Å². The summed E-state index contributed by atoms with van der Waals surface area (Å²) in [5, 5.41) is 15.0. The van der Waals surface area contributed by atoms with Crippen LogP contribution in [-0.2, 0) is 14.8 Å². The monoisotopic (exact) mass is 500 g/mol. The van der Waals surface area contributed by atoms with E-state index in [1.807, 2.05) is 6.92 Å². The molecule has 0 aliphatic heterocycles. The molecule has 0 unspecified atom stereocenters. The van der Waals surface area contributed by atoms with Gasteiger partial charge in [0.25, 0.3) is 21.6 Å². The van der Waals surface area contributed by atoms with E-state index in [0.717, 1.165) is 9.87 Å². The molecule has 0 bridgehead atoms. The molecule has 34 heavy (non-hydrogen) atoms. The highest BCUT2D eigenvalue weighted by atomic mass is 35.5. The number of carbonyl (C=O) groups is 1. The number of nitro benzene ring substituents is 1. The Balaban J connectivity index is 1.84. The maximum absolute atomic E-state index is 13.4. The standard InChI is InChI=1S/C23H21ClN4O5S/c1-16-3-10-21(11-4-16)34(32,33)27(22-12-7-19(24)13-17(22)2)15-23(29)26-25-14-18-5-8-20(9-6-18)28(30)31/h3-14H,15H2,1-2H3,(H,26,29)/b25-14+. The van der Waals surface area contributed by atoms with E-state index in [1.165, 1.54) is 48.7 Å². The zero-order valence-electron chi connectivity index (χ0n) is 18.3. The summed E-state index contributed by atoms with van der Waals surface area (Å²) in [6.45, 7) is 3.01. The summed E-state index contributed by atoms with van der Waals surface area (Å²) in [6, 6.07) is 16.6. The van der Waals surface area contributed by atoms with Gasteiger partial charge in [-0.15, -0.1) is 0 Å². The number of sulfonamides is 1. The lowest BCUT2D eigenvalue weighted by Gasteiger charge is -2.25. The normalized spacial score (nSPS) is 11.4. The van der Waals surface area contributed by atoms with Gasteiger partial charge in [-0.25, -0.2) is 13.8 Å². The van der Waals surface area contributed by atoms with E-state index in [1.54, 1.807) is 31.2 Å². The van der Waals surface area contributed by atoms with Gasteiger partial charge in [-0.05, 0) is 67.4 Å². The summed E-state index contributed by atoms with van der Waals surface area (Å²) >= 11 is 6.03. The van der Waals surface area contributed by atoms with Gasteiger partial charge in [-0.1, -0.05) is 29.3 Å². The van der Waals surface area contributed by atoms with Gasteiger partial charge < -0.3 is 0 Å². The number of hydrogen-bond donors (Lipinski definition) is 1. The maximum Gasteiger partial charge on any atom is 0.269 e. The molecule has 0 saturated carbocycles. The van der Waals surface area contributed by atoms with Crippen LogP contribution >= 0.6 is 11.6 Å². The zero-order valence-corrected chi connectivity index (χ0v) is 19.9. The van der Waals surface area contributed by atoms with Crippen LogP contribution in [0, 0.1) is 24.0 Å². The molecule has 0 spiro atoms. The first kappa shape index (κ1) is 24.9. The Morgan fingerprint density at radius 1 is 1.09 bits per heavy atom. The molecule has 3 aromatic rings. The highest BCUT2D eigenvalue weighted by Gasteiger charge is 2.28. The predicted molar refractivity (Wildman–Crippen MR) is 131 cm³/mol. The van der Waals surface area contributed by atoms with Gasteiger partial charge in [-0.3, -0.25) is 19.2 Å². The number of carbonyl (C=O) groups excluding carboxylic acids is 1. The van der Waals surface area contributed by atoms with Gasteiger partial charge in [0.2, 0.25) is 0 Å². The van der Waals surface area contributed by atoms with Crippen LogP contribution in [0.4, 0.5) is 11.4 Å². The molecule has 1 amide bonds. The van der Waals surface area contributed by atoms with Crippen LogP contribution in [0.25, 0.3) is 0 Å². The summed E-state index contributed by atoms with van der Waals surface area (Å²) in [4.78, 5) is 22.9. The molecule has 0 aromatic heterocycles. The second kappa shape index (κ2) is 10.4. The van der Waals surface area contributed by atoms with E-state index >= 15 is 0 Å². The summed E-state index contributed by atoms with van der Waals surface area (Å²) in [5.74, 6) is -0.678. The number of nitrogens with one attached hydrogen (secondary N) is 1. The number of nitrogens with zero attached hydrogens (tertiary/aromatic N) is 3. The van der Waals surface area contributed by atoms with Crippen LogP contribution in [0.3, 0.4) is 0 Å². The summed E-state index contributed by atoms with van der Waals surface area (Å²) < 4.78 is 27.8. The Kier molecular flexibility index (Phi) is 7.64. The SMILES string of the molecule is Cc1ccc(S(=O)(=O)N(CC(=O)N/N=C/c2ccc([N+](=O)[O-])cc2)c2ccc(Cl)cc2C)cc1. The fourth-order valence-corrected chi connectivity index (χ4v) is 4.77. The van der Waals surface area contributed by atoms with Gasteiger partial charge in [-0.2, -0.15) is 5.10 Å². The number of aryl methyl sites for hydroxylation is 2. The zero-order chi connectivity index (χ0) is 24.9. The minimum Gasteiger partial charge on any atom is -0.271 e. The lowest BCUT2D eigenvalue weighted by Crippen LogP contribution is -2.40. The molecule has 11 heteroatoms. The molecule has 176 valence electrons. The Morgan fingerprint density at radius 3 is 2.32 bits per heavy atom. The van der Waals surface area contributed by atoms with Crippen molar-refractivity contribution in [2.24, 2.45) is 5.10 Å². The molecule has 0 heterocycles. The molecule has 1 N–H and O–H groups in total. The molecule has 3 rings (SSSR count). The average molecular weight is 501 g/mol. The third-order valence-corrected chi connectivity index (χ3v) is 6.84. The molecular weight excluding hydrogens is 480 g/mol.